The molecule has 19 heavy (non-hydrogen) atoms. The largest absolute Gasteiger partial charge is 0.310 e. The predicted octanol–water partition coefficient (Wildman–Crippen LogP) is 3.92. The first-order chi connectivity index (χ1) is 9.06. The van der Waals surface area contributed by atoms with Gasteiger partial charge in [-0.25, -0.2) is 4.68 Å². The van der Waals surface area contributed by atoms with Gasteiger partial charge in [0.2, 0.25) is 0 Å². The molecule has 0 bridgehead atoms. The number of benzene rings is 1. The zero-order valence-corrected chi connectivity index (χ0v) is 13.5. The van der Waals surface area contributed by atoms with Gasteiger partial charge in [0, 0.05) is 6.04 Å². The second kappa shape index (κ2) is 5.88. The summed E-state index contributed by atoms with van der Waals surface area (Å²) in [5.41, 5.74) is 4.56. The SMILES string of the molecule is CCNC(C)c1ccccc1-n1nc(C)c(Br)c1C. The number of nitrogens with zero attached hydrogens (tertiary/aromatic N) is 2. The molecular formula is C15H20BrN3. The van der Waals surface area contributed by atoms with Gasteiger partial charge in [0.15, 0.2) is 0 Å². The maximum absolute atomic E-state index is 4.63. The van der Waals surface area contributed by atoms with Crippen LogP contribution in [0.3, 0.4) is 0 Å². The Balaban J connectivity index is 2.53. The third kappa shape index (κ3) is 2.74. The van der Waals surface area contributed by atoms with Crippen molar-refractivity contribution in [1.29, 1.82) is 0 Å². The Bertz CT molecular complexity index is 575. The van der Waals surface area contributed by atoms with Crippen LogP contribution in [0.5, 0.6) is 0 Å². The molecule has 0 aliphatic carbocycles. The van der Waals surface area contributed by atoms with E-state index < -0.39 is 0 Å². The molecule has 2 aromatic rings. The number of halogens is 1. The van der Waals surface area contributed by atoms with Gasteiger partial charge in [0.05, 0.1) is 21.5 Å². The van der Waals surface area contributed by atoms with Crippen molar-refractivity contribution in [2.75, 3.05) is 6.54 Å². The lowest BCUT2D eigenvalue weighted by Crippen LogP contribution is -2.19. The third-order valence-corrected chi connectivity index (χ3v) is 4.49. The van der Waals surface area contributed by atoms with Gasteiger partial charge in [-0.3, -0.25) is 0 Å². The molecule has 0 saturated heterocycles. The minimum Gasteiger partial charge on any atom is -0.310 e. The first kappa shape index (κ1) is 14.3. The van der Waals surface area contributed by atoms with Crippen LogP contribution >= 0.6 is 15.9 Å². The van der Waals surface area contributed by atoms with Crippen LogP contribution in [0.25, 0.3) is 5.69 Å². The molecule has 0 spiro atoms. The standard InChI is InChI=1S/C15H20BrN3/c1-5-17-10(2)13-8-6-7-9-14(13)19-12(4)15(16)11(3)18-19/h6-10,17H,5H2,1-4H3. The van der Waals surface area contributed by atoms with Gasteiger partial charge in [-0.15, -0.1) is 0 Å². The van der Waals surface area contributed by atoms with Crippen molar-refractivity contribution in [3.8, 4) is 5.69 Å². The normalized spacial score (nSPS) is 12.7. The molecule has 1 unspecified atom stereocenters. The van der Waals surface area contributed by atoms with E-state index in [1.54, 1.807) is 0 Å². The fourth-order valence-electron chi connectivity index (χ4n) is 2.32. The maximum atomic E-state index is 4.63. The Kier molecular flexibility index (Phi) is 4.42. The lowest BCUT2D eigenvalue weighted by molar-refractivity contribution is 0.592. The Labute approximate surface area is 123 Å². The molecule has 1 atom stereocenters. The third-order valence-electron chi connectivity index (χ3n) is 3.34. The molecule has 0 saturated carbocycles. The summed E-state index contributed by atoms with van der Waals surface area (Å²) in [6, 6.07) is 8.72. The van der Waals surface area contributed by atoms with Gasteiger partial charge in [-0.1, -0.05) is 25.1 Å². The van der Waals surface area contributed by atoms with Gasteiger partial charge in [0.25, 0.3) is 0 Å². The number of rotatable bonds is 4. The van der Waals surface area contributed by atoms with Crippen LogP contribution < -0.4 is 5.32 Å². The minimum atomic E-state index is 0.309. The summed E-state index contributed by atoms with van der Waals surface area (Å²) in [5.74, 6) is 0. The molecule has 3 nitrogen and oxygen atoms in total. The van der Waals surface area contributed by atoms with Gasteiger partial charge < -0.3 is 5.32 Å². The molecule has 1 heterocycles. The summed E-state index contributed by atoms with van der Waals surface area (Å²) in [5, 5.41) is 8.09. The zero-order chi connectivity index (χ0) is 14.0. The summed E-state index contributed by atoms with van der Waals surface area (Å²) in [4.78, 5) is 0. The maximum Gasteiger partial charge on any atom is 0.0743 e. The molecule has 0 aliphatic rings. The van der Waals surface area contributed by atoms with Crippen molar-refractivity contribution in [3.05, 3.63) is 45.7 Å². The van der Waals surface area contributed by atoms with Crippen molar-refractivity contribution >= 4 is 15.9 Å². The number of hydrogen-bond acceptors (Lipinski definition) is 2. The molecule has 4 heteroatoms. The van der Waals surface area contributed by atoms with E-state index in [2.05, 4.69) is 71.4 Å². The molecular weight excluding hydrogens is 302 g/mol. The van der Waals surface area contributed by atoms with Crippen molar-refractivity contribution in [3.63, 3.8) is 0 Å². The van der Waals surface area contributed by atoms with Crippen LogP contribution in [0.2, 0.25) is 0 Å². The fraction of sp³-hybridized carbons (Fsp3) is 0.400. The van der Waals surface area contributed by atoms with Crippen LogP contribution in [0.1, 0.15) is 36.8 Å². The monoisotopic (exact) mass is 321 g/mol. The number of aromatic nitrogens is 2. The van der Waals surface area contributed by atoms with E-state index in [9.17, 15) is 0 Å². The molecule has 0 aliphatic heterocycles. The molecule has 0 radical (unpaired) electrons. The molecule has 1 aromatic carbocycles. The Morgan fingerprint density at radius 2 is 2.00 bits per heavy atom. The van der Waals surface area contributed by atoms with Crippen molar-refractivity contribution < 1.29 is 0 Å². The van der Waals surface area contributed by atoms with E-state index in [0.29, 0.717) is 6.04 Å². The highest BCUT2D eigenvalue weighted by molar-refractivity contribution is 9.10. The fourth-order valence-corrected chi connectivity index (χ4v) is 2.57. The van der Waals surface area contributed by atoms with Gasteiger partial charge in [-0.05, 0) is 54.9 Å². The first-order valence-electron chi connectivity index (χ1n) is 6.60. The van der Waals surface area contributed by atoms with Crippen LogP contribution in [-0.2, 0) is 0 Å². The quantitative estimate of drug-likeness (QED) is 0.924. The van der Waals surface area contributed by atoms with E-state index in [-0.39, 0.29) is 0 Å². The average molecular weight is 322 g/mol. The number of nitrogens with one attached hydrogen (secondary N) is 1. The van der Waals surface area contributed by atoms with Gasteiger partial charge in [0.1, 0.15) is 0 Å². The lowest BCUT2D eigenvalue weighted by atomic mass is 10.1. The highest BCUT2D eigenvalue weighted by atomic mass is 79.9. The summed E-state index contributed by atoms with van der Waals surface area (Å²) >= 11 is 3.59. The van der Waals surface area contributed by atoms with Gasteiger partial charge in [-0.2, -0.15) is 5.10 Å². The number of para-hydroxylation sites is 1. The molecule has 0 fully saturated rings. The molecule has 1 aromatic heterocycles. The number of hydrogen-bond donors (Lipinski definition) is 1. The van der Waals surface area contributed by atoms with E-state index in [1.807, 2.05) is 11.6 Å². The van der Waals surface area contributed by atoms with Crippen LogP contribution in [0.4, 0.5) is 0 Å². The first-order valence-corrected chi connectivity index (χ1v) is 7.40. The predicted molar refractivity (Wildman–Crippen MR) is 82.8 cm³/mol. The van der Waals surface area contributed by atoms with E-state index in [0.717, 1.165) is 28.1 Å². The Hall–Kier alpha value is -1.13. The molecule has 2 rings (SSSR count). The van der Waals surface area contributed by atoms with Crippen LogP contribution in [-0.4, -0.2) is 16.3 Å². The highest BCUT2D eigenvalue weighted by Gasteiger charge is 2.15. The Morgan fingerprint density at radius 1 is 1.32 bits per heavy atom. The summed E-state index contributed by atoms with van der Waals surface area (Å²) in [6.45, 7) is 9.36. The topological polar surface area (TPSA) is 29.9 Å². The Morgan fingerprint density at radius 3 is 2.58 bits per heavy atom. The minimum absolute atomic E-state index is 0.309. The lowest BCUT2D eigenvalue weighted by Gasteiger charge is -2.17. The van der Waals surface area contributed by atoms with Crippen molar-refractivity contribution in [2.24, 2.45) is 0 Å². The van der Waals surface area contributed by atoms with E-state index in [1.165, 1.54) is 5.56 Å². The summed E-state index contributed by atoms with van der Waals surface area (Å²) in [7, 11) is 0. The van der Waals surface area contributed by atoms with Crippen LogP contribution in [0.15, 0.2) is 28.7 Å². The molecule has 0 amide bonds. The highest BCUT2D eigenvalue weighted by Crippen LogP contribution is 2.27. The van der Waals surface area contributed by atoms with Gasteiger partial charge >= 0.3 is 0 Å². The summed E-state index contributed by atoms with van der Waals surface area (Å²) in [6.07, 6.45) is 0. The second-order valence-electron chi connectivity index (χ2n) is 4.73. The smallest absolute Gasteiger partial charge is 0.0743 e. The van der Waals surface area contributed by atoms with Crippen LogP contribution in [0, 0.1) is 13.8 Å². The van der Waals surface area contributed by atoms with E-state index in [4.69, 9.17) is 0 Å². The molecule has 1 N–H and O–H groups in total. The zero-order valence-electron chi connectivity index (χ0n) is 11.9. The van der Waals surface area contributed by atoms with Crippen molar-refractivity contribution in [1.82, 2.24) is 15.1 Å². The molecule has 102 valence electrons. The average Bonchev–Trinajstić information content (AvgIpc) is 2.67. The van der Waals surface area contributed by atoms with Crippen molar-refractivity contribution in [2.45, 2.75) is 33.7 Å². The second-order valence-corrected chi connectivity index (χ2v) is 5.53. The summed E-state index contributed by atoms with van der Waals surface area (Å²) < 4.78 is 3.10. The number of aryl methyl sites for hydroxylation is 1. The van der Waals surface area contributed by atoms with E-state index >= 15 is 0 Å².